The summed E-state index contributed by atoms with van der Waals surface area (Å²) in [6, 6.07) is 15.0. The molecule has 6 heteroatoms. The number of carbonyl (C=O) groups is 1. The van der Waals surface area contributed by atoms with Crippen molar-refractivity contribution in [2.24, 2.45) is 0 Å². The molecule has 2 aromatic rings. The standard InChI is InChI=1S/C22H24N2O4/c1-22(2,3)28-21(25)24-13-18(14-24)27-20-10-9-17(26-4)11-19(20)16-7-5-15(12-23)6-8-16/h5-11,18H,13-14H2,1-4H3. The molecule has 0 unspecified atom stereocenters. The summed E-state index contributed by atoms with van der Waals surface area (Å²) in [5.41, 5.74) is 1.89. The lowest BCUT2D eigenvalue weighted by molar-refractivity contribution is -0.0220. The molecule has 1 amide bonds. The summed E-state index contributed by atoms with van der Waals surface area (Å²) in [6.07, 6.45) is -0.424. The molecule has 1 fully saturated rings. The molecule has 2 aromatic carbocycles. The maximum Gasteiger partial charge on any atom is 0.410 e. The Balaban J connectivity index is 1.73. The minimum Gasteiger partial charge on any atom is -0.497 e. The number of nitrogens with zero attached hydrogens (tertiary/aromatic N) is 2. The highest BCUT2D eigenvalue weighted by molar-refractivity contribution is 5.73. The van der Waals surface area contributed by atoms with Crippen LogP contribution in [0.2, 0.25) is 0 Å². The lowest BCUT2D eigenvalue weighted by Crippen LogP contribution is -2.57. The van der Waals surface area contributed by atoms with Gasteiger partial charge in [0.05, 0.1) is 31.8 Å². The predicted octanol–water partition coefficient (Wildman–Crippen LogP) is 4.23. The molecule has 0 bridgehead atoms. The second kappa shape index (κ2) is 7.81. The van der Waals surface area contributed by atoms with E-state index >= 15 is 0 Å². The number of hydrogen-bond acceptors (Lipinski definition) is 5. The molecule has 1 aliphatic heterocycles. The molecular formula is C22H24N2O4. The molecule has 0 aliphatic carbocycles. The first-order valence-corrected chi connectivity index (χ1v) is 9.12. The molecule has 1 aliphatic rings. The Morgan fingerprint density at radius 3 is 2.39 bits per heavy atom. The van der Waals surface area contributed by atoms with Crippen molar-refractivity contribution in [3.05, 3.63) is 48.0 Å². The van der Waals surface area contributed by atoms with E-state index < -0.39 is 5.60 Å². The Bertz CT molecular complexity index is 888. The summed E-state index contributed by atoms with van der Waals surface area (Å²) in [6.45, 7) is 6.50. The van der Waals surface area contributed by atoms with Gasteiger partial charge in [-0.25, -0.2) is 4.79 Å². The van der Waals surface area contributed by atoms with E-state index in [4.69, 9.17) is 19.5 Å². The molecule has 1 saturated heterocycles. The number of hydrogen-bond donors (Lipinski definition) is 0. The lowest BCUT2D eigenvalue weighted by atomic mass is 10.0. The quantitative estimate of drug-likeness (QED) is 0.794. The van der Waals surface area contributed by atoms with Gasteiger partial charge in [-0.2, -0.15) is 5.26 Å². The average Bonchev–Trinajstić information content (AvgIpc) is 2.63. The average molecular weight is 380 g/mol. The van der Waals surface area contributed by atoms with Gasteiger partial charge in [-0.3, -0.25) is 0 Å². The van der Waals surface area contributed by atoms with Crippen LogP contribution in [0.15, 0.2) is 42.5 Å². The fraction of sp³-hybridized carbons (Fsp3) is 0.364. The van der Waals surface area contributed by atoms with Gasteiger partial charge in [0.15, 0.2) is 0 Å². The number of ether oxygens (including phenoxy) is 3. The largest absolute Gasteiger partial charge is 0.497 e. The number of rotatable bonds is 4. The van der Waals surface area contributed by atoms with Gasteiger partial charge < -0.3 is 19.1 Å². The molecule has 3 rings (SSSR count). The Morgan fingerprint density at radius 2 is 1.82 bits per heavy atom. The van der Waals surface area contributed by atoms with Gasteiger partial charge in [0.2, 0.25) is 0 Å². The van der Waals surface area contributed by atoms with E-state index in [1.165, 1.54) is 0 Å². The number of likely N-dealkylation sites (tertiary alicyclic amines) is 1. The fourth-order valence-electron chi connectivity index (χ4n) is 2.86. The Morgan fingerprint density at radius 1 is 1.14 bits per heavy atom. The van der Waals surface area contributed by atoms with Crippen molar-refractivity contribution in [1.82, 2.24) is 4.90 Å². The zero-order valence-electron chi connectivity index (χ0n) is 16.6. The number of carbonyl (C=O) groups excluding carboxylic acids is 1. The highest BCUT2D eigenvalue weighted by atomic mass is 16.6. The van der Waals surface area contributed by atoms with E-state index in [1.807, 2.05) is 51.1 Å². The van der Waals surface area contributed by atoms with E-state index in [9.17, 15) is 4.79 Å². The van der Waals surface area contributed by atoms with Gasteiger partial charge in [0.1, 0.15) is 23.2 Å². The van der Waals surface area contributed by atoms with Crippen molar-refractivity contribution in [3.8, 4) is 28.7 Å². The molecule has 0 radical (unpaired) electrons. The van der Waals surface area contributed by atoms with Gasteiger partial charge in [0.25, 0.3) is 0 Å². The van der Waals surface area contributed by atoms with Gasteiger partial charge in [-0.05, 0) is 56.7 Å². The Kier molecular flexibility index (Phi) is 5.46. The van der Waals surface area contributed by atoms with Crippen LogP contribution in [0.5, 0.6) is 11.5 Å². The van der Waals surface area contributed by atoms with Crippen molar-refractivity contribution in [2.45, 2.75) is 32.5 Å². The SMILES string of the molecule is COc1ccc(OC2CN(C(=O)OC(C)(C)C)C2)c(-c2ccc(C#N)cc2)c1. The molecule has 0 N–H and O–H groups in total. The predicted molar refractivity (Wildman–Crippen MR) is 105 cm³/mol. The van der Waals surface area contributed by atoms with Crippen molar-refractivity contribution in [2.75, 3.05) is 20.2 Å². The third kappa shape index (κ3) is 4.55. The van der Waals surface area contributed by atoms with Gasteiger partial charge in [-0.15, -0.1) is 0 Å². The molecule has 0 atom stereocenters. The molecule has 1 heterocycles. The van der Waals surface area contributed by atoms with Crippen LogP contribution in [0.3, 0.4) is 0 Å². The van der Waals surface area contributed by atoms with Gasteiger partial charge in [-0.1, -0.05) is 12.1 Å². The van der Waals surface area contributed by atoms with Crippen LogP contribution in [-0.2, 0) is 4.74 Å². The zero-order chi connectivity index (χ0) is 20.3. The normalized spacial score (nSPS) is 14.0. The highest BCUT2D eigenvalue weighted by Gasteiger charge is 2.35. The van der Waals surface area contributed by atoms with Crippen LogP contribution in [0.1, 0.15) is 26.3 Å². The first kappa shape index (κ1) is 19.6. The van der Waals surface area contributed by atoms with E-state index in [0.29, 0.717) is 24.4 Å². The smallest absolute Gasteiger partial charge is 0.410 e. The molecule has 0 aromatic heterocycles. The maximum atomic E-state index is 12.1. The lowest BCUT2D eigenvalue weighted by Gasteiger charge is -2.39. The fourth-order valence-corrected chi connectivity index (χ4v) is 2.86. The third-order valence-electron chi connectivity index (χ3n) is 4.31. The van der Waals surface area contributed by atoms with Crippen LogP contribution >= 0.6 is 0 Å². The maximum absolute atomic E-state index is 12.1. The summed E-state index contributed by atoms with van der Waals surface area (Å²) in [5, 5.41) is 9.00. The van der Waals surface area contributed by atoms with Crippen molar-refractivity contribution in [1.29, 1.82) is 5.26 Å². The van der Waals surface area contributed by atoms with Gasteiger partial charge >= 0.3 is 6.09 Å². The van der Waals surface area contributed by atoms with Gasteiger partial charge in [0, 0.05) is 5.56 Å². The Labute approximate surface area is 165 Å². The summed E-state index contributed by atoms with van der Waals surface area (Å²) >= 11 is 0. The molecule has 0 spiro atoms. The number of benzene rings is 2. The molecular weight excluding hydrogens is 356 g/mol. The van der Waals surface area contributed by atoms with Crippen LogP contribution < -0.4 is 9.47 Å². The van der Waals surface area contributed by atoms with Crippen molar-refractivity contribution >= 4 is 6.09 Å². The molecule has 146 valence electrons. The van der Waals surface area contributed by atoms with E-state index in [-0.39, 0.29) is 12.2 Å². The molecule has 28 heavy (non-hydrogen) atoms. The minimum absolute atomic E-state index is 0.0990. The number of methoxy groups -OCH3 is 1. The monoisotopic (exact) mass is 380 g/mol. The topological polar surface area (TPSA) is 71.8 Å². The summed E-state index contributed by atoms with van der Waals surface area (Å²) < 4.78 is 16.8. The van der Waals surface area contributed by atoms with Crippen LogP contribution in [0.25, 0.3) is 11.1 Å². The zero-order valence-corrected chi connectivity index (χ0v) is 16.6. The first-order chi connectivity index (χ1) is 13.3. The van der Waals surface area contributed by atoms with Crippen LogP contribution in [0.4, 0.5) is 4.79 Å². The summed E-state index contributed by atoms with van der Waals surface area (Å²) in [7, 11) is 1.61. The number of amides is 1. The molecule has 6 nitrogen and oxygen atoms in total. The van der Waals surface area contributed by atoms with E-state index in [2.05, 4.69) is 6.07 Å². The third-order valence-corrected chi connectivity index (χ3v) is 4.31. The highest BCUT2D eigenvalue weighted by Crippen LogP contribution is 2.35. The van der Waals surface area contributed by atoms with E-state index in [1.54, 1.807) is 24.1 Å². The number of nitriles is 1. The second-order valence-electron chi connectivity index (χ2n) is 7.68. The molecule has 0 saturated carbocycles. The van der Waals surface area contributed by atoms with E-state index in [0.717, 1.165) is 16.9 Å². The Hall–Kier alpha value is -3.20. The minimum atomic E-state index is -0.512. The first-order valence-electron chi connectivity index (χ1n) is 9.12. The summed E-state index contributed by atoms with van der Waals surface area (Å²) in [4.78, 5) is 13.7. The summed E-state index contributed by atoms with van der Waals surface area (Å²) in [5.74, 6) is 1.43. The van der Waals surface area contributed by atoms with Crippen LogP contribution in [-0.4, -0.2) is 42.9 Å². The van der Waals surface area contributed by atoms with Crippen LogP contribution in [0, 0.1) is 11.3 Å². The van der Waals surface area contributed by atoms with Crippen molar-refractivity contribution < 1.29 is 19.0 Å². The second-order valence-corrected chi connectivity index (χ2v) is 7.68. The van der Waals surface area contributed by atoms with Crippen molar-refractivity contribution in [3.63, 3.8) is 0 Å².